The zero-order valence-electron chi connectivity index (χ0n) is 16.3. The lowest BCUT2D eigenvalue weighted by Crippen LogP contribution is -2.10. The minimum absolute atomic E-state index is 0.0685. The maximum absolute atomic E-state index is 12.4. The summed E-state index contributed by atoms with van der Waals surface area (Å²) in [7, 11) is 0. The highest BCUT2D eigenvalue weighted by molar-refractivity contribution is 6.32. The first-order chi connectivity index (χ1) is 15.0. The summed E-state index contributed by atoms with van der Waals surface area (Å²) in [5.74, 6) is -0.429. The lowest BCUT2D eigenvalue weighted by Gasteiger charge is -2.13. The summed E-state index contributed by atoms with van der Waals surface area (Å²) in [6.45, 7) is 2.10. The third-order valence-electron chi connectivity index (χ3n) is 4.19. The van der Waals surface area contributed by atoms with E-state index in [1.807, 2.05) is 0 Å². The van der Waals surface area contributed by atoms with Gasteiger partial charge in [-0.15, -0.1) is 0 Å². The van der Waals surface area contributed by atoms with Gasteiger partial charge in [0.1, 0.15) is 0 Å². The number of hydrogen-bond donors (Lipinski definition) is 0. The molecule has 0 amide bonds. The van der Waals surface area contributed by atoms with Gasteiger partial charge >= 0.3 is 11.9 Å². The molecule has 2 aromatic carbocycles. The number of carbonyl (C=O) groups is 2. The van der Waals surface area contributed by atoms with Crippen LogP contribution in [0.15, 0.2) is 76.0 Å². The van der Waals surface area contributed by atoms with Crippen LogP contribution in [-0.2, 0) is 9.53 Å². The van der Waals surface area contributed by atoms with Crippen molar-refractivity contribution in [3.05, 3.63) is 88.5 Å². The molecular formula is C23H16ClNO6. The maximum Gasteiger partial charge on any atom is 0.363 e. The molecule has 7 nitrogen and oxygen atoms in total. The molecule has 8 heteroatoms. The van der Waals surface area contributed by atoms with Gasteiger partial charge in [0, 0.05) is 0 Å². The average molecular weight is 438 g/mol. The van der Waals surface area contributed by atoms with E-state index >= 15 is 0 Å². The normalized spacial score (nSPS) is 14.3. The second-order valence-corrected chi connectivity index (χ2v) is 6.74. The number of aliphatic imine (C=N–C) groups is 1. The van der Waals surface area contributed by atoms with Gasteiger partial charge in [-0.05, 0) is 55.0 Å². The van der Waals surface area contributed by atoms with Gasteiger partial charge in [0.05, 0.1) is 23.5 Å². The van der Waals surface area contributed by atoms with Crippen molar-refractivity contribution < 1.29 is 28.2 Å². The van der Waals surface area contributed by atoms with E-state index in [-0.39, 0.29) is 28.1 Å². The van der Waals surface area contributed by atoms with Crippen LogP contribution >= 0.6 is 11.6 Å². The van der Waals surface area contributed by atoms with Crippen LogP contribution in [0.25, 0.3) is 6.08 Å². The van der Waals surface area contributed by atoms with Crippen LogP contribution in [0.3, 0.4) is 0 Å². The first-order valence-electron chi connectivity index (χ1n) is 9.35. The van der Waals surface area contributed by atoms with Gasteiger partial charge < -0.3 is 18.6 Å². The van der Waals surface area contributed by atoms with E-state index in [4.69, 9.17) is 30.2 Å². The number of nitrogens with zero attached hydrogens (tertiary/aromatic N) is 1. The Bertz CT molecular complexity index is 1180. The first kappa shape index (κ1) is 20.4. The summed E-state index contributed by atoms with van der Waals surface area (Å²) in [6.07, 6.45) is 2.95. The quantitative estimate of drug-likeness (QED) is 0.310. The van der Waals surface area contributed by atoms with Gasteiger partial charge in [-0.2, -0.15) is 0 Å². The van der Waals surface area contributed by atoms with Crippen LogP contribution in [0, 0.1) is 0 Å². The molecule has 4 rings (SSSR count). The van der Waals surface area contributed by atoms with E-state index < -0.39 is 11.9 Å². The van der Waals surface area contributed by atoms with Crippen molar-refractivity contribution in [1.29, 1.82) is 0 Å². The summed E-state index contributed by atoms with van der Waals surface area (Å²) < 4.78 is 21.4. The van der Waals surface area contributed by atoms with Gasteiger partial charge in [0.2, 0.25) is 0 Å². The Labute approximate surface area is 182 Å². The van der Waals surface area contributed by atoms with E-state index in [1.165, 1.54) is 12.3 Å². The first-order valence-corrected chi connectivity index (χ1v) is 9.73. The standard InChI is InChI=1S/C23H16ClNO6/c1-2-28-19-13-14(12-17-23(27)31-21(25-17)18-9-6-10-29-18)11-16(24)20(19)30-22(26)15-7-4-3-5-8-15/h3-13H,2H2,1H3/b17-12-. The fourth-order valence-corrected chi connectivity index (χ4v) is 3.09. The van der Waals surface area contributed by atoms with Crippen LogP contribution in [0.1, 0.15) is 28.6 Å². The van der Waals surface area contributed by atoms with Crippen molar-refractivity contribution >= 4 is 35.5 Å². The molecule has 1 aliphatic rings. The predicted octanol–water partition coefficient (Wildman–Crippen LogP) is 4.90. The minimum atomic E-state index is -0.625. The molecule has 0 fully saturated rings. The van der Waals surface area contributed by atoms with E-state index in [0.29, 0.717) is 23.5 Å². The van der Waals surface area contributed by atoms with Gasteiger partial charge in [0.25, 0.3) is 5.90 Å². The largest absolute Gasteiger partial charge is 0.490 e. The maximum atomic E-state index is 12.4. The number of halogens is 1. The van der Waals surface area contributed by atoms with Crippen molar-refractivity contribution in [2.45, 2.75) is 6.92 Å². The summed E-state index contributed by atoms with van der Waals surface area (Å²) >= 11 is 6.38. The van der Waals surface area contributed by atoms with E-state index in [2.05, 4.69) is 4.99 Å². The Kier molecular flexibility index (Phi) is 5.86. The second-order valence-electron chi connectivity index (χ2n) is 6.33. The molecule has 31 heavy (non-hydrogen) atoms. The second kappa shape index (κ2) is 8.89. The van der Waals surface area contributed by atoms with Crippen molar-refractivity contribution in [3.63, 3.8) is 0 Å². The van der Waals surface area contributed by atoms with E-state index in [1.54, 1.807) is 61.5 Å². The molecule has 0 spiro atoms. The Morgan fingerprint density at radius 3 is 2.68 bits per heavy atom. The molecule has 156 valence electrons. The summed E-state index contributed by atoms with van der Waals surface area (Å²) in [5, 5.41) is 0.142. The van der Waals surface area contributed by atoms with Crippen molar-refractivity contribution in [2.24, 2.45) is 4.99 Å². The molecule has 0 saturated heterocycles. The van der Waals surface area contributed by atoms with Gasteiger partial charge in [-0.1, -0.05) is 29.8 Å². The lowest BCUT2D eigenvalue weighted by atomic mass is 10.1. The van der Waals surface area contributed by atoms with Crippen LogP contribution in [0.2, 0.25) is 5.02 Å². The molecule has 0 bridgehead atoms. The highest BCUT2D eigenvalue weighted by atomic mass is 35.5. The minimum Gasteiger partial charge on any atom is -0.490 e. The predicted molar refractivity (Wildman–Crippen MR) is 113 cm³/mol. The van der Waals surface area contributed by atoms with E-state index in [9.17, 15) is 9.59 Å². The number of furan rings is 1. The molecule has 0 saturated carbocycles. The van der Waals surface area contributed by atoms with Crippen LogP contribution in [-0.4, -0.2) is 24.4 Å². The SMILES string of the molecule is CCOc1cc(/C=C2\N=C(c3ccco3)OC2=O)cc(Cl)c1OC(=O)c1ccccc1. The molecule has 0 aliphatic carbocycles. The molecule has 0 radical (unpaired) electrons. The molecular weight excluding hydrogens is 422 g/mol. The molecule has 0 N–H and O–H groups in total. The Morgan fingerprint density at radius 2 is 1.97 bits per heavy atom. The zero-order chi connectivity index (χ0) is 21.8. The third-order valence-corrected chi connectivity index (χ3v) is 4.47. The number of carbonyl (C=O) groups excluding carboxylic acids is 2. The Morgan fingerprint density at radius 1 is 1.16 bits per heavy atom. The number of ether oxygens (including phenoxy) is 3. The van der Waals surface area contributed by atoms with E-state index in [0.717, 1.165) is 0 Å². The number of benzene rings is 2. The van der Waals surface area contributed by atoms with Gasteiger partial charge in [-0.25, -0.2) is 14.6 Å². The van der Waals surface area contributed by atoms with Crippen molar-refractivity contribution in [3.8, 4) is 11.5 Å². The highest BCUT2D eigenvalue weighted by Gasteiger charge is 2.26. The molecule has 2 heterocycles. The third kappa shape index (κ3) is 4.51. The monoisotopic (exact) mass is 437 g/mol. The van der Waals surface area contributed by atoms with Crippen LogP contribution < -0.4 is 9.47 Å². The summed E-state index contributed by atoms with van der Waals surface area (Å²) in [5.41, 5.74) is 0.962. The number of hydrogen-bond acceptors (Lipinski definition) is 7. The fraction of sp³-hybridized carbons (Fsp3) is 0.0870. The average Bonchev–Trinajstić information content (AvgIpc) is 3.42. The van der Waals surface area contributed by atoms with Gasteiger partial charge in [0.15, 0.2) is 23.0 Å². The molecule has 3 aromatic rings. The molecule has 0 atom stereocenters. The highest BCUT2D eigenvalue weighted by Crippen LogP contribution is 2.38. The Hall–Kier alpha value is -3.84. The number of cyclic esters (lactones) is 1. The molecule has 1 aliphatic heterocycles. The number of rotatable bonds is 6. The van der Waals surface area contributed by atoms with Crippen molar-refractivity contribution in [1.82, 2.24) is 0 Å². The smallest absolute Gasteiger partial charge is 0.363 e. The topological polar surface area (TPSA) is 87.3 Å². The molecule has 1 aromatic heterocycles. The molecule has 0 unspecified atom stereocenters. The van der Waals surface area contributed by atoms with Gasteiger partial charge in [-0.3, -0.25) is 0 Å². The van der Waals surface area contributed by atoms with Crippen LogP contribution in [0.4, 0.5) is 0 Å². The Balaban J connectivity index is 1.65. The zero-order valence-corrected chi connectivity index (χ0v) is 17.1. The lowest BCUT2D eigenvalue weighted by molar-refractivity contribution is -0.130. The van der Waals surface area contributed by atoms with Crippen molar-refractivity contribution in [2.75, 3.05) is 6.61 Å². The fourth-order valence-electron chi connectivity index (χ4n) is 2.83. The number of esters is 2. The summed E-state index contributed by atoms with van der Waals surface area (Å²) in [4.78, 5) is 28.8. The van der Waals surface area contributed by atoms with Crippen LogP contribution in [0.5, 0.6) is 11.5 Å². The summed E-state index contributed by atoms with van der Waals surface area (Å²) in [6, 6.07) is 15.0.